The number of urea groups is 1. The monoisotopic (exact) mass is 336 g/mol. The predicted octanol–water partition coefficient (Wildman–Crippen LogP) is 2.85. The topological polar surface area (TPSA) is 71.8 Å². The fourth-order valence-corrected chi connectivity index (χ4v) is 2.57. The van der Waals surface area contributed by atoms with Gasteiger partial charge in [0.05, 0.1) is 12.8 Å². The van der Waals surface area contributed by atoms with Crippen LogP contribution < -0.4 is 10.1 Å². The summed E-state index contributed by atoms with van der Waals surface area (Å²) in [5.41, 5.74) is -0.808. The molecule has 0 saturated carbocycles. The van der Waals surface area contributed by atoms with Gasteiger partial charge in [0.15, 0.2) is 5.54 Å². The highest BCUT2D eigenvalue weighted by atomic mass is 19.3. The van der Waals surface area contributed by atoms with Crippen LogP contribution in [0.5, 0.6) is 5.75 Å². The summed E-state index contributed by atoms with van der Waals surface area (Å²) in [4.78, 5) is 25.8. The van der Waals surface area contributed by atoms with Crippen molar-refractivity contribution in [3.05, 3.63) is 54.0 Å². The maximum absolute atomic E-state index is 12.6. The van der Waals surface area contributed by atoms with Crippen LogP contribution in [0.25, 0.3) is 0 Å². The van der Waals surface area contributed by atoms with Gasteiger partial charge in [0.25, 0.3) is 5.91 Å². The van der Waals surface area contributed by atoms with Crippen molar-refractivity contribution in [3.63, 3.8) is 0 Å². The largest absolute Gasteiger partial charge is 0.466 e. The van der Waals surface area contributed by atoms with Crippen LogP contribution in [0.1, 0.15) is 18.2 Å². The Morgan fingerprint density at radius 1 is 1.29 bits per heavy atom. The molecule has 3 amide bonds. The molecule has 2 aromatic rings. The number of nitrogens with zero attached hydrogens (tertiary/aromatic N) is 1. The second kappa shape index (κ2) is 5.95. The fourth-order valence-electron chi connectivity index (χ4n) is 2.57. The van der Waals surface area contributed by atoms with E-state index in [1.165, 1.54) is 24.5 Å². The lowest BCUT2D eigenvalue weighted by Crippen LogP contribution is -2.40. The molecule has 1 atom stereocenters. The molecule has 1 fully saturated rings. The van der Waals surface area contributed by atoms with Gasteiger partial charge < -0.3 is 14.5 Å². The van der Waals surface area contributed by atoms with Gasteiger partial charge in [-0.25, -0.2) is 4.79 Å². The number of ether oxygens (including phenoxy) is 1. The Balaban J connectivity index is 1.81. The van der Waals surface area contributed by atoms with E-state index in [-0.39, 0.29) is 12.3 Å². The number of furan rings is 1. The molecular formula is C16H14F2N2O4. The summed E-state index contributed by atoms with van der Waals surface area (Å²) in [6.45, 7) is -1.47. The van der Waals surface area contributed by atoms with Crippen LogP contribution in [-0.4, -0.2) is 23.4 Å². The molecule has 1 aromatic heterocycles. The molecule has 1 N–H and O–H groups in total. The van der Waals surface area contributed by atoms with Crippen molar-refractivity contribution in [1.82, 2.24) is 10.2 Å². The van der Waals surface area contributed by atoms with Gasteiger partial charge in [-0.1, -0.05) is 12.1 Å². The van der Waals surface area contributed by atoms with Crippen LogP contribution in [0.15, 0.2) is 47.1 Å². The minimum absolute atomic E-state index is 0.0386. The van der Waals surface area contributed by atoms with Crippen LogP contribution >= 0.6 is 0 Å². The maximum Gasteiger partial charge on any atom is 0.387 e. The lowest BCUT2D eigenvalue weighted by molar-refractivity contribution is -0.132. The molecule has 0 radical (unpaired) electrons. The molecule has 6 nitrogen and oxygen atoms in total. The Bertz CT molecular complexity index is 763. The quantitative estimate of drug-likeness (QED) is 0.852. The summed E-state index contributed by atoms with van der Waals surface area (Å²) in [6.07, 6.45) is 1.41. The Kier molecular flexibility index (Phi) is 3.96. The van der Waals surface area contributed by atoms with Crippen molar-refractivity contribution in [1.29, 1.82) is 0 Å². The zero-order valence-electron chi connectivity index (χ0n) is 12.7. The first-order valence-corrected chi connectivity index (χ1v) is 7.12. The first kappa shape index (κ1) is 16.0. The number of carbonyl (C=O) groups is 2. The summed E-state index contributed by atoms with van der Waals surface area (Å²) < 4.78 is 34.1. The smallest absolute Gasteiger partial charge is 0.387 e. The summed E-state index contributed by atoms with van der Waals surface area (Å²) >= 11 is 0. The maximum atomic E-state index is 12.6. The molecule has 0 spiro atoms. The highest BCUT2D eigenvalue weighted by molar-refractivity contribution is 6.06. The van der Waals surface area contributed by atoms with E-state index in [2.05, 4.69) is 10.1 Å². The average molecular weight is 336 g/mol. The van der Waals surface area contributed by atoms with E-state index >= 15 is 0 Å². The predicted molar refractivity (Wildman–Crippen MR) is 78.2 cm³/mol. The third-order valence-electron chi connectivity index (χ3n) is 3.75. The Hall–Kier alpha value is -2.90. The first-order valence-electron chi connectivity index (χ1n) is 7.12. The van der Waals surface area contributed by atoms with Crippen LogP contribution in [0.3, 0.4) is 0 Å². The third-order valence-corrected chi connectivity index (χ3v) is 3.75. The zero-order chi connectivity index (χ0) is 17.3. The Morgan fingerprint density at radius 3 is 2.75 bits per heavy atom. The van der Waals surface area contributed by atoms with Crippen LogP contribution in [-0.2, 0) is 16.9 Å². The van der Waals surface area contributed by atoms with E-state index in [0.29, 0.717) is 11.3 Å². The van der Waals surface area contributed by atoms with Gasteiger partial charge in [0, 0.05) is 0 Å². The molecule has 3 rings (SSSR count). The molecule has 126 valence electrons. The summed E-state index contributed by atoms with van der Waals surface area (Å²) in [7, 11) is 0. The standard InChI is InChI=1S/C16H14F2N2O4/c1-16(12-6-3-7-23-12)13(21)20(15(22)19-16)9-10-4-2-5-11(8-10)24-14(17)18/h2-8,14H,9H2,1H3,(H,19,22)/t16-/m1/s1. The number of rotatable bonds is 5. The van der Waals surface area contributed by atoms with Gasteiger partial charge in [-0.3, -0.25) is 9.69 Å². The number of nitrogens with one attached hydrogen (secondary N) is 1. The first-order chi connectivity index (χ1) is 11.4. The summed E-state index contributed by atoms with van der Waals surface area (Å²) in [6, 6.07) is 8.48. The second-order valence-corrected chi connectivity index (χ2v) is 5.45. The third kappa shape index (κ3) is 2.82. The van der Waals surface area contributed by atoms with Crippen molar-refractivity contribution in [2.45, 2.75) is 25.6 Å². The lowest BCUT2D eigenvalue weighted by atomic mass is 9.99. The highest BCUT2D eigenvalue weighted by Crippen LogP contribution is 2.30. The number of benzene rings is 1. The molecule has 1 aliphatic rings. The van der Waals surface area contributed by atoms with Crippen LogP contribution in [0, 0.1) is 0 Å². The molecule has 1 aliphatic heterocycles. The van der Waals surface area contributed by atoms with Crippen molar-refractivity contribution >= 4 is 11.9 Å². The number of hydrogen-bond donors (Lipinski definition) is 1. The number of amides is 3. The van der Waals surface area contributed by atoms with Gasteiger partial charge in [0.1, 0.15) is 11.5 Å². The molecule has 1 aromatic carbocycles. The number of imide groups is 1. The van der Waals surface area contributed by atoms with Crippen molar-refractivity contribution < 1.29 is 27.5 Å². The van der Waals surface area contributed by atoms with Gasteiger partial charge in [0.2, 0.25) is 0 Å². The van der Waals surface area contributed by atoms with Crippen LogP contribution in [0.2, 0.25) is 0 Å². The van der Waals surface area contributed by atoms with Gasteiger partial charge >= 0.3 is 12.6 Å². The summed E-state index contributed by atoms with van der Waals surface area (Å²) in [5.74, 6) is -0.205. The zero-order valence-corrected chi connectivity index (χ0v) is 12.7. The molecule has 0 bridgehead atoms. The SMILES string of the molecule is C[C@]1(c2ccco2)NC(=O)N(Cc2cccc(OC(F)F)c2)C1=O. The molecule has 0 unspecified atom stereocenters. The van der Waals surface area contributed by atoms with Crippen molar-refractivity contribution in [2.24, 2.45) is 0 Å². The molecule has 1 saturated heterocycles. The molecule has 8 heteroatoms. The van der Waals surface area contributed by atoms with Crippen LogP contribution in [0.4, 0.5) is 13.6 Å². The molecule has 2 heterocycles. The van der Waals surface area contributed by atoms with Gasteiger partial charge in [-0.15, -0.1) is 0 Å². The minimum Gasteiger partial charge on any atom is -0.466 e. The van der Waals surface area contributed by atoms with E-state index in [9.17, 15) is 18.4 Å². The second-order valence-electron chi connectivity index (χ2n) is 5.45. The van der Waals surface area contributed by atoms with E-state index in [0.717, 1.165) is 4.90 Å². The van der Waals surface area contributed by atoms with E-state index in [1.807, 2.05) is 0 Å². The van der Waals surface area contributed by atoms with E-state index in [4.69, 9.17) is 4.42 Å². The van der Waals surface area contributed by atoms with Crippen molar-refractivity contribution in [2.75, 3.05) is 0 Å². The van der Waals surface area contributed by atoms with Crippen molar-refractivity contribution in [3.8, 4) is 5.75 Å². The number of halogens is 2. The number of alkyl halides is 2. The normalized spacial score (nSPS) is 20.6. The average Bonchev–Trinajstić information content (AvgIpc) is 3.12. The molecule has 0 aliphatic carbocycles. The molecule has 24 heavy (non-hydrogen) atoms. The Labute approximate surface area is 136 Å². The highest BCUT2D eigenvalue weighted by Gasteiger charge is 2.50. The minimum atomic E-state index is -2.95. The van der Waals surface area contributed by atoms with E-state index < -0.39 is 24.1 Å². The van der Waals surface area contributed by atoms with Gasteiger partial charge in [-0.05, 0) is 36.8 Å². The number of hydrogen-bond acceptors (Lipinski definition) is 4. The lowest BCUT2D eigenvalue weighted by Gasteiger charge is -2.19. The van der Waals surface area contributed by atoms with E-state index in [1.54, 1.807) is 25.1 Å². The fraction of sp³-hybridized carbons (Fsp3) is 0.250. The van der Waals surface area contributed by atoms with Gasteiger partial charge in [-0.2, -0.15) is 8.78 Å². The Morgan fingerprint density at radius 2 is 2.08 bits per heavy atom. The molecular weight excluding hydrogens is 322 g/mol. The summed E-state index contributed by atoms with van der Waals surface area (Å²) in [5, 5.41) is 2.59. The number of carbonyl (C=O) groups excluding carboxylic acids is 2.